The van der Waals surface area contributed by atoms with Crippen LogP contribution in [-0.2, 0) is 0 Å². The topological polar surface area (TPSA) is 42.2 Å². The Bertz CT molecular complexity index is 467. The van der Waals surface area contributed by atoms with E-state index in [9.17, 15) is 4.79 Å². The van der Waals surface area contributed by atoms with E-state index in [1.165, 1.54) is 12.8 Å². The molecule has 2 rings (SSSR count). The first-order valence-corrected chi connectivity index (χ1v) is 7.51. The predicted molar refractivity (Wildman–Crippen MR) is 76.9 cm³/mol. The van der Waals surface area contributed by atoms with E-state index in [1.54, 1.807) is 0 Å². The van der Waals surface area contributed by atoms with Crippen molar-refractivity contribution in [3.63, 3.8) is 0 Å². The van der Waals surface area contributed by atoms with Gasteiger partial charge in [0.05, 0.1) is 5.56 Å². The number of hydrogen-bond donors (Lipinski definition) is 1. The fraction of sp³-hybridized carbons (Fsp3) is 0.667. The van der Waals surface area contributed by atoms with Crippen molar-refractivity contribution in [1.82, 2.24) is 5.32 Å². The molecule has 106 valence electrons. The van der Waals surface area contributed by atoms with E-state index < -0.39 is 0 Å². The lowest BCUT2D eigenvalue weighted by atomic mass is 9.85. The Morgan fingerprint density at radius 3 is 2.53 bits per heavy atom. The van der Waals surface area contributed by atoms with E-state index in [0.29, 0.717) is 23.1 Å². The monoisotopic (exact) mass is 283 g/mol. The lowest BCUT2D eigenvalue weighted by Crippen LogP contribution is -2.43. The molecule has 1 N–H and O–H groups in total. The molecule has 3 nitrogen and oxygen atoms in total. The highest BCUT2D eigenvalue weighted by Crippen LogP contribution is 2.27. The number of halogens is 1. The van der Waals surface area contributed by atoms with Gasteiger partial charge in [-0.15, -0.1) is 11.6 Å². The van der Waals surface area contributed by atoms with E-state index in [0.717, 1.165) is 24.2 Å². The maximum Gasteiger partial charge on any atom is 0.255 e. The molecule has 0 aliphatic heterocycles. The van der Waals surface area contributed by atoms with Crippen LogP contribution >= 0.6 is 11.6 Å². The number of amides is 1. The Balaban J connectivity index is 2.12. The van der Waals surface area contributed by atoms with E-state index >= 15 is 0 Å². The van der Waals surface area contributed by atoms with Crippen molar-refractivity contribution < 1.29 is 9.21 Å². The Kier molecular flexibility index (Phi) is 4.56. The molecule has 4 heteroatoms. The van der Waals surface area contributed by atoms with Gasteiger partial charge < -0.3 is 9.73 Å². The summed E-state index contributed by atoms with van der Waals surface area (Å²) in [5, 5.41) is 3.15. The van der Waals surface area contributed by atoms with Crippen LogP contribution in [0.2, 0.25) is 0 Å². The van der Waals surface area contributed by atoms with Crippen molar-refractivity contribution in [3.05, 3.63) is 22.6 Å². The first-order valence-electron chi connectivity index (χ1n) is 6.98. The summed E-state index contributed by atoms with van der Waals surface area (Å²) in [5.41, 5.74) is 1.63. The summed E-state index contributed by atoms with van der Waals surface area (Å²) in [6, 6.07) is 0.202. The second kappa shape index (κ2) is 6.00. The van der Waals surface area contributed by atoms with Gasteiger partial charge in [0.25, 0.3) is 5.91 Å². The van der Waals surface area contributed by atoms with Gasteiger partial charge in [-0.1, -0.05) is 12.8 Å². The average Bonchev–Trinajstić information content (AvgIpc) is 2.64. The molecule has 1 aromatic rings. The van der Waals surface area contributed by atoms with E-state index in [-0.39, 0.29) is 11.9 Å². The zero-order chi connectivity index (χ0) is 14.0. The molecule has 0 radical (unpaired) electrons. The van der Waals surface area contributed by atoms with Gasteiger partial charge in [0, 0.05) is 17.5 Å². The molecule has 1 aliphatic carbocycles. The summed E-state index contributed by atoms with van der Waals surface area (Å²) in [4.78, 5) is 12.4. The molecule has 0 spiro atoms. The van der Waals surface area contributed by atoms with Crippen LogP contribution in [0.5, 0.6) is 0 Å². The molecule has 2 atom stereocenters. The van der Waals surface area contributed by atoms with Crippen molar-refractivity contribution >= 4 is 17.5 Å². The van der Waals surface area contributed by atoms with Gasteiger partial charge in [-0.2, -0.15) is 0 Å². The van der Waals surface area contributed by atoms with Gasteiger partial charge in [-0.25, -0.2) is 0 Å². The minimum absolute atomic E-state index is 0.0196. The molecule has 1 aromatic heterocycles. The molecule has 0 saturated heterocycles. The molecule has 1 heterocycles. The fourth-order valence-electron chi connectivity index (χ4n) is 2.95. The van der Waals surface area contributed by atoms with Gasteiger partial charge >= 0.3 is 0 Å². The quantitative estimate of drug-likeness (QED) is 0.859. The molecular weight excluding hydrogens is 262 g/mol. The molecule has 0 aromatic carbocycles. The van der Waals surface area contributed by atoms with Crippen LogP contribution in [0.4, 0.5) is 0 Å². The lowest BCUT2D eigenvalue weighted by Gasteiger charge is -2.30. The normalized spacial score (nSPS) is 23.4. The number of alkyl halides is 1. The van der Waals surface area contributed by atoms with Crippen molar-refractivity contribution in [2.45, 2.75) is 52.5 Å². The van der Waals surface area contributed by atoms with Crippen LogP contribution in [-0.4, -0.2) is 17.8 Å². The highest BCUT2D eigenvalue weighted by molar-refractivity contribution is 6.18. The summed E-state index contributed by atoms with van der Waals surface area (Å²) >= 11 is 6.00. The smallest absolute Gasteiger partial charge is 0.255 e. The minimum Gasteiger partial charge on any atom is -0.466 e. The largest absolute Gasteiger partial charge is 0.466 e. The summed E-state index contributed by atoms with van der Waals surface area (Å²) in [5.74, 6) is 2.51. The van der Waals surface area contributed by atoms with Crippen LogP contribution < -0.4 is 5.32 Å². The molecule has 2 unspecified atom stereocenters. The van der Waals surface area contributed by atoms with Crippen LogP contribution in [0.25, 0.3) is 0 Å². The highest BCUT2D eigenvalue weighted by Gasteiger charge is 2.28. The van der Waals surface area contributed by atoms with Crippen LogP contribution in [0, 0.1) is 26.7 Å². The third kappa shape index (κ3) is 2.97. The average molecular weight is 284 g/mol. The molecule has 1 saturated carbocycles. The zero-order valence-electron chi connectivity index (χ0n) is 11.9. The molecule has 1 fully saturated rings. The summed E-state index contributed by atoms with van der Waals surface area (Å²) in [6.45, 7) is 5.66. The fourth-order valence-corrected chi connectivity index (χ4v) is 3.32. The van der Waals surface area contributed by atoms with Crippen LogP contribution in [0.15, 0.2) is 4.42 Å². The third-order valence-corrected chi connectivity index (χ3v) is 4.61. The Hall–Kier alpha value is -0.960. The van der Waals surface area contributed by atoms with Crippen LogP contribution in [0.3, 0.4) is 0 Å². The lowest BCUT2D eigenvalue weighted by molar-refractivity contribution is 0.0909. The maximum absolute atomic E-state index is 12.4. The Morgan fingerprint density at radius 1 is 1.26 bits per heavy atom. The van der Waals surface area contributed by atoms with Crippen molar-refractivity contribution in [2.75, 3.05) is 5.88 Å². The third-order valence-electron chi connectivity index (χ3n) is 4.21. The minimum atomic E-state index is -0.0196. The summed E-state index contributed by atoms with van der Waals surface area (Å²) < 4.78 is 5.52. The van der Waals surface area contributed by atoms with Crippen LogP contribution in [0.1, 0.15) is 53.1 Å². The van der Waals surface area contributed by atoms with Gasteiger partial charge in [-0.3, -0.25) is 4.79 Å². The number of rotatable bonds is 3. The van der Waals surface area contributed by atoms with Crippen molar-refractivity contribution in [3.8, 4) is 0 Å². The number of carbonyl (C=O) groups excluding carboxylic acids is 1. The predicted octanol–water partition coefficient (Wildman–Crippen LogP) is 3.73. The second-order valence-electron chi connectivity index (χ2n) is 5.49. The van der Waals surface area contributed by atoms with E-state index in [4.69, 9.17) is 16.0 Å². The van der Waals surface area contributed by atoms with E-state index in [1.807, 2.05) is 20.8 Å². The SMILES string of the molecule is Cc1oc(C)c(C(=O)NC2CCCCC2CCl)c1C. The number of carbonyl (C=O) groups is 1. The molecule has 1 aliphatic rings. The van der Waals surface area contributed by atoms with E-state index in [2.05, 4.69) is 5.32 Å². The van der Waals surface area contributed by atoms with Gasteiger partial charge in [0.2, 0.25) is 0 Å². The van der Waals surface area contributed by atoms with Crippen molar-refractivity contribution in [1.29, 1.82) is 0 Å². The van der Waals surface area contributed by atoms with Gasteiger partial charge in [-0.05, 0) is 39.5 Å². The number of furan rings is 1. The molecule has 1 amide bonds. The van der Waals surface area contributed by atoms with Gasteiger partial charge in [0.15, 0.2) is 0 Å². The zero-order valence-corrected chi connectivity index (χ0v) is 12.6. The number of nitrogens with one attached hydrogen (secondary N) is 1. The van der Waals surface area contributed by atoms with Crippen molar-refractivity contribution in [2.24, 2.45) is 5.92 Å². The first-order chi connectivity index (χ1) is 9.04. The standard InChI is InChI=1S/C15H22ClNO2/c1-9-10(2)19-11(3)14(9)15(18)17-13-7-5-4-6-12(13)8-16/h12-13H,4-8H2,1-3H3,(H,17,18). The number of aryl methyl sites for hydroxylation is 2. The summed E-state index contributed by atoms with van der Waals surface area (Å²) in [7, 11) is 0. The summed E-state index contributed by atoms with van der Waals surface area (Å²) in [6.07, 6.45) is 4.52. The van der Waals surface area contributed by atoms with Gasteiger partial charge in [0.1, 0.15) is 11.5 Å². The molecule has 19 heavy (non-hydrogen) atoms. The molecular formula is C15H22ClNO2. The maximum atomic E-state index is 12.4. The Labute approximate surface area is 119 Å². The highest BCUT2D eigenvalue weighted by atomic mass is 35.5. The Morgan fingerprint density at radius 2 is 1.95 bits per heavy atom. The first kappa shape index (κ1) is 14.4. The number of hydrogen-bond acceptors (Lipinski definition) is 2. The molecule has 0 bridgehead atoms. The second-order valence-corrected chi connectivity index (χ2v) is 5.80.